The minimum atomic E-state index is 0. The van der Waals surface area contributed by atoms with Gasteiger partial charge in [0.15, 0.2) is 0 Å². The van der Waals surface area contributed by atoms with Crippen LogP contribution in [0.3, 0.4) is 0 Å². The average molecular weight is 231 g/mol. The molecule has 0 aliphatic heterocycles. The third-order valence-electron chi connectivity index (χ3n) is 2.96. The monoisotopic (exact) mass is 231 g/mol. The highest BCUT2D eigenvalue weighted by molar-refractivity contribution is 4.49. The molecule has 0 heterocycles. The second-order valence-electron chi connectivity index (χ2n) is 4.99. The fourth-order valence-corrected chi connectivity index (χ4v) is 1.92. The van der Waals surface area contributed by atoms with E-state index in [1.54, 1.807) is 0 Å². The minimum Gasteiger partial charge on any atom is -0.412 e. The Balaban J connectivity index is 0. The van der Waals surface area contributed by atoms with Gasteiger partial charge in [-0.05, 0) is 27.1 Å². The van der Waals surface area contributed by atoms with E-state index in [4.69, 9.17) is 0 Å². The summed E-state index contributed by atoms with van der Waals surface area (Å²) < 4.78 is 0. The van der Waals surface area contributed by atoms with E-state index in [0.717, 1.165) is 0 Å². The van der Waals surface area contributed by atoms with Crippen molar-refractivity contribution < 1.29 is 5.48 Å². The van der Waals surface area contributed by atoms with Gasteiger partial charge in [0.2, 0.25) is 0 Å². The Morgan fingerprint density at radius 3 is 1.38 bits per heavy atom. The van der Waals surface area contributed by atoms with Crippen LogP contribution in [0.5, 0.6) is 0 Å². The van der Waals surface area contributed by atoms with E-state index in [2.05, 4.69) is 25.9 Å². The molecule has 16 heavy (non-hydrogen) atoms. The van der Waals surface area contributed by atoms with Crippen LogP contribution in [0.1, 0.15) is 71.1 Å². The van der Waals surface area contributed by atoms with Crippen LogP contribution in [-0.4, -0.2) is 31.0 Å². The van der Waals surface area contributed by atoms with Crippen LogP contribution >= 0.6 is 0 Å². The zero-order valence-electron chi connectivity index (χ0n) is 11.7. The topological polar surface area (TPSA) is 34.7 Å². The van der Waals surface area contributed by atoms with Gasteiger partial charge in [-0.15, -0.1) is 0 Å². The van der Waals surface area contributed by atoms with Crippen LogP contribution in [0.2, 0.25) is 0 Å². The Kier molecular flexibility index (Phi) is 17.1. The molecule has 0 aliphatic carbocycles. The summed E-state index contributed by atoms with van der Waals surface area (Å²) in [6, 6.07) is 0. The Morgan fingerprint density at radius 2 is 1.00 bits per heavy atom. The molecule has 0 saturated carbocycles. The van der Waals surface area contributed by atoms with Crippen LogP contribution in [0.25, 0.3) is 0 Å². The summed E-state index contributed by atoms with van der Waals surface area (Å²) in [5.74, 6) is 0. The summed E-state index contributed by atoms with van der Waals surface area (Å²) in [4.78, 5) is 2.28. The van der Waals surface area contributed by atoms with Gasteiger partial charge in [-0.25, -0.2) is 0 Å². The van der Waals surface area contributed by atoms with Crippen LogP contribution in [0, 0.1) is 0 Å². The lowest BCUT2D eigenvalue weighted by Gasteiger charge is -2.08. The molecular formula is C14H33NO. The lowest BCUT2D eigenvalue weighted by atomic mass is 10.1. The van der Waals surface area contributed by atoms with E-state index in [1.165, 1.54) is 70.8 Å². The zero-order valence-corrected chi connectivity index (χ0v) is 11.7. The molecule has 0 fully saturated rings. The average Bonchev–Trinajstić information content (AvgIpc) is 2.20. The molecule has 0 aliphatic rings. The Morgan fingerprint density at radius 1 is 0.625 bits per heavy atom. The highest BCUT2D eigenvalue weighted by Gasteiger charge is 1.93. The lowest BCUT2D eigenvalue weighted by molar-refractivity contribution is 0.389. The molecule has 0 atom stereocenters. The summed E-state index contributed by atoms with van der Waals surface area (Å²) in [6.07, 6.45) is 14.4. The third kappa shape index (κ3) is 16.4. The molecule has 2 N–H and O–H groups in total. The van der Waals surface area contributed by atoms with Crippen molar-refractivity contribution in [2.75, 3.05) is 20.6 Å². The summed E-state index contributed by atoms with van der Waals surface area (Å²) in [5.41, 5.74) is 0. The predicted octanol–water partition coefficient (Wildman–Crippen LogP) is 3.64. The van der Waals surface area contributed by atoms with Gasteiger partial charge in [0.05, 0.1) is 0 Å². The van der Waals surface area contributed by atoms with Gasteiger partial charge in [0.1, 0.15) is 0 Å². The Bertz CT molecular complexity index is 115. The number of hydrogen-bond acceptors (Lipinski definition) is 1. The van der Waals surface area contributed by atoms with Crippen LogP contribution in [-0.2, 0) is 0 Å². The molecule has 0 rings (SSSR count). The first-order valence-electron chi connectivity index (χ1n) is 6.92. The van der Waals surface area contributed by atoms with Gasteiger partial charge in [-0.1, -0.05) is 64.7 Å². The van der Waals surface area contributed by atoms with Crippen molar-refractivity contribution in [2.24, 2.45) is 0 Å². The van der Waals surface area contributed by atoms with E-state index in [9.17, 15) is 0 Å². The fraction of sp³-hybridized carbons (Fsp3) is 1.00. The van der Waals surface area contributed by atoms with Crippen molar-refractivity contribution >= 4 is 0 Å². The second-order valence-corrected chi connectivity index (χ2v) is 4.99. The molecule has 100 valence electrons. The van der Waals surface area contributed by atoms with E-state index < -0.39 is 0 Å². The van der Waals surface area contributed by atoms with Crippen molar-refractivity contribution in [2.45, 2.75) is 71.1 Å². The van der Waals surface area contributed by atoms with Crippen LogP contribution in [0.15, 0.2) is 0 Å². The first-order valence-corrected chi connectivity index (χ1v) is 6.92. The first kappa shape index (κ1) is 18.3. The summed E-state index contributed by atoms with van der Waals surface area (Å²) in [5, 5.41) is 0. The standard InChI is InChI=1S/C14H31N.H2O/c1-4-5-6-7-8-9-10-11-12-13-14-15(2)3;/h4-14H2,1-3H3;1H2. The number of nitrogens with zero attached hydrogens (tertiary/aromatic N) is 1. The van der Waals surface area contributed by atoms with E-state index >= 15 is 0 Å². The van der Waals surface area contributed by atoms with Crippen LogP contribution < -0.4 is 0 Å². The maximum Gasteiger partial charge on any atom is -0.00248 e. The van der Waals surface area contributed by atoms with Gasteiger partial charge in [-0.2, -0.15) is 0 Å². The molecule has 0 amide bonds. The van der Waals surface area contributed by atoms with Crippen molar-refractivity contribution in [1.82, 2.24) is 4.90 Å². The number of rotatable bonds is 11. The van der Waals surface area contributed by atoms with Crippen molar-refractivity contribution in [3.8, 4) is 0 Å². The molecule has 2 heteroatoms. The second kappa shape index (κ2) is 14.9. The number of hydrogen-bond donors (Lipinski definition) is 0. The van der Waals surface area contributed by atoms with Crippen molar-refractivity contribution in [3.63, 3.8) is 0 Å². The molecule has 0 aromatic carbocycles. The van der Waals surface area contributed by atoms with Gasteiger partial charge < -0.3 is 10.4 Å². The zero-order chi connectivity index (χ0) is 11.4. The molecular weight excluding hydrogens is 198 g/mol. The largest absolute Gasteiger partial charge is 0.412 e. The Labute approximate surface area is 103 Å². The Hall–Kier alpha value is -0.0800. The normalized spacial score (nSPS) is 10.5. The smallest absolute Gasteiger partial charge is 0.00248 e. The maximum absolute atomic E-state index is 2.28. The first-order chi connectivity index (χ1) is 7.27. The van der Waals surface area contributed by atoms with Crippen LogP contribution in [0.4, 0.5) is 0 Å². The SMILES string of the molecule is CCCCCCCCCCCCN(C)C.O. The fourth-order valence-electron chi connectivity index (χ4n) is 1.92. The van der Waals surface area contributed by atoms with Crippen molar-refractivity contribution in [1.29, 1.82) is 0 Å². The molecule has 0 aromatic rings. The minimum absolute atomic E-state index is 0. The highest BCUT2D eigenvalue weighted by Crippen LogP contribution is 2.10. The highest BCUT2D eigenvalue weighted by atomic mass is 16.0. The van der Waals surface area contributed by atoms with Crippen molar-refractivity contribution in [3.05, 3.63) is 0 Å². The molecule has 0 aromatic heterocycles. The third-order valence-corrected chi connectivity index (χ3v) is 2.96. The quantitative estimate of drug-likeness (QED) is 0.500. The summed E-state index contributed by atoms with van der Waals surface area (Å²) in [6.45, 7) is 3.54. The maximum atomic E-state index is 2.28. The molecule has 0 radical (unpaired) electrons. The molecule has 0 bridgehead atoms. The van der Waals surface area contributed by atoms with E-state index in [-0.39, 0.29) is 5.48 Å². The predicted molar refractivity (Wildman–Crippen MR) is 74.0 cm³/mol. The van der Waals surface area contributed by atoms with Gasteiger partial charge in [0.25, 0.3) is 0 Å². The summed E-state index contributed by atoms with van der Waals surface area (Å²) in [7, 11) is 4.32. The van der Waals surface area contributed by atoms with Gasteiger partial charge >= 0.3 is 0 Å². The molecule has 0 spiro atoms. The molecule has 0 saturated heterocycles. The lowest BCUT2D eigenvalue weighted by Crippen LogP contribution is -2.12. The molecule has 2 nitrogen and oxygen atoms in total. The van der Waals surface area contributed by atoms with E-state index in [1.807, 2.05) is 0 Å². The van der Waals surface area contributed by atoms with E-state index in [0.29, 0.717) is 0 Å². The van der Waals surface area contributed by atoms with Gasteiger partial charge in [-0.3, -0.25) is 0 Å². The van der Waals surface area contributed by atoms with Gasteiger partial charge in [0, 0.05) is 0 Å². The summed E-state index contributed by atoms with van der Waals surface area (Å²) >= 11 is 0. The number of unbranched alkanes of at least 4 members (excludes halogenated alkanes) is 9. The molecule has 0 unspecified atom stereocenters.